The summed E-state index contributed by atoms with van der Waals surface area (Å²) in [6.45, 7) is 2.12. The molecule has 1 aromatic heterocycles. The highest BCUT2D eigenvalue weighted by Gasteiger charge is 2.08. The van der Waals surface area contributed by atoms with Gasteiger partial charge in [-0.25, -0.2) is 4.98 Å². The van der Waals surface area contributed by atoms with E-state index in [4.69, 9.17) is 35.4 Å². The van der Waals surface area contributed by atoms with Crippen LogP contribution in [0.3, 0.4) is 0 Å². The number of nitrogens with one attached hydrogen (secondary N) is 1. The van der Waals surface area contributed by atoms with Gasteiger partial charge in [-0.1, -0.05) is 54.8 Å². The minimum atomic E-state index is 0.576. The Kier molecular flexibility index (Phi) is 5.61. The van der Waals surface area contributed by atoms with Crippen LogP contribution in [0.15, 0.2) is 22.7 Å². The first-order valence-corrected chi connectivity index (χ1v) is 8.18. The lowest BCUT2D eigenvalue weighted by molar-refractivity contribution is 0.830. The Labute approximate surface area is 141 Å². The van der Waals surface area contributed by atoms with Crippen LogP contribution in [-0.2, 0) is 12.8 Å². The van der Waals surface area contributed by atoms with E-state index in [1.165, 1.54) is 0 Å². The molecule has 0 aliphatic carbocycles. The van der Waals surface area contributed by atoms with Gasteiger partial charge in [0.15, 0.2) is 0 Å². The monoisotopic (exact) mass is 390 g/mol. The second kappa shape index (κ2) is 7.03. The molecule has 0 atom stereocenters. The highest BCUT2D eigenvalue weighted by Crippen LogP contribution is 2.24. The van der Waals surface area contributed by atoms with E-state index in [9.17, 15) is 0 Å². The molecule has 2 aromatic rings. The van der Waals surface area contributed by atoms with Gasteiger partial charge in [-0.15, -0.1) is 0 Å². The predicted molar refractivity (Wildman–Crippen MR) is 90.4 cm³/mol. The lowest BCUT2D eigenvalue weighted by Gasteiger charge is -2.09. The van der Waals surface area contributed by atoms with E-state index >= 15 is 0 Å². The summed E-state index contributed by atoms with van der Waals surface area (Å²) in [7, 11) is 0. The average Bonchev–Trinajstić information content (AvgIpc) is 2.39. The van der Waals surface area contributed by atoms with Gasteiger partial charge in [0.2, 0.25) is 0 Å². The maximum atomic E-state index is 6.19. The number of H-pyrrole nitrogens is 1. The molecule has 0 saturated heterocycles. The van der Waals surface area contributed by atoms with Gasteiger partial charge in [0.05, 0.1) is 4.47 Å². The third-order valence-corrected chi connectivity index (χ3v) is 4.86. The fourth-order valence-corrected chi connectivity index (χ4v) is 3.00. The smallest absolute Gasteiger partial charge is 0.144 e. The highest BCUT2D eigenvalue weighted by molar-refractivity contribution is 9.10. The van der Waals surface area contributed by atoms with Crippen LogP contribution in [-0.4, -0.2) is 9.97 Å². The van der Waals surface area contributed by atoms with E-state index in [-0.39, 0.29) is 0 Å². The van der Waals surface area contributed by atoms with E-state index in [1.54, 1.807) is 6.07 Å². The van der Waals surface area contributed by atoms with Gasteiger partial charge in [-0.2, -0.15) is 0 Å². The molecular formula is C14H13BrCl2N2S. The number of aromatic amines is 1. The second-order valence-electron chi connectivity index (χ2n) is 4.44. The number of aryl methyl sites for hydroxylation is 1. The lowest BCUT2D eigenvalue weighted by atomic mass is 10.1. The van der Waals surface area contributed by atoms with Gasteiger partial charge in [0.25, 0.3) is 0 Å². The summed E-state index contributed by atoms with van der Waals surface area (Å²) in [6, 6.07) is 5.47. The molecule has 0 saturated carbocycles. The largest absolute Gasteiger partial charge is 0.346 e. The molecule has 0 aliphatic rings. The highest BCUT2D eigenvalue weighted by atomic mass is 79.9. The third-order valence-electron chi connectivity index (χ3n) is 2.86. The SMILES string of the molecule is CCCc1[nH]c(Cc2ccc(Cl)cc2Cl)nc(=S)c1Br. The lowest BCUT2D eigenvalue weighted by Crippen LogP contribution is -2.03. The van der Waals surface area contributed by atoms with E-state index in [0.29, 0.717) is 21.1 Å². The normalized spacial score (nSPS) is 10.8. The van der Waals surface area contributed by atoms with Crippen molar-refractivity contribution in [3.8, 4) is 0 Å². The van der Waals surface area contributed by atoms with Crippen molar-refractivity contribution in [2.24, 2.45) is 0 Å². The first kappa shape index (κ1) is 16.0. The van der Waals surface area contributed by atoms with Crippen LogP contribution in [0.25, 0.3) is 0 Å². The summed E-state index contributed by atoms with van der Waals surface area (Å²) >= 11 is 20.9. The first-order chi connectivity index (χ1) is 9.51. The van der Waals surface area contributed by atoms with Crippen molar-refractivity contribution in [1.82, 2.24) is 9.97 Å². The fraction of sp³-hybridized carbons (Fsp3) is 0.286. The van der Waals surface area contributed by atoms with E-state index in [1.807, 2.05) is 12.1 Å². The molecule has 20 heavy (non-hydrogen) atoms. The van der Waals surface area contributed by atoms with Gasteiger partial charge < -0.3 is 4.98 Å². The molecule has 1 heterocycles. The molecule has 0 unspecified atom stereocenters. The Bertz CT molecular complexity index is 685. The van der Waals surface area contributed by atoms with Gasteiger partial charge in [-0.05, 0) is 40.0 Å². The van der Waals surface area contributed by atoms with Crippen LogP contribution in [0.1, 0.15) is 30.4 Å². The summed E-state index contributed by atoms with van der Waals surface area (Å²) < 4.78 is 1.45. The Balaban J connectivity index is 2.36. The number of hydrogen-bond donors (Lipinski definition) is 1. The number of halogens is 3. The molecule has 0 bridgehead atoms. The van der Waals surface area contributed by atoms with Crippen molar-refractivity contribution < 1.29 is 0 Å². The number of benzene rings is 1. The number of rotatable bonds is 4. The second-order valence-corrected chi connectivity index (χ2v) is 6.47. The van der Waals surface area contributed by atoms with Crippen molar-refractivity contribution in [2.45, 2.75) is 26.2 Å². The van der Waals surface area contributed by atoms with Gasteiger partial charge in [0.1, 0.15) is 10.5 Å². The summed E-state index contributed by atoms with van der Waals surface area (Å²) in [5, 5.41) is 1.26. The molecule has 0 aliphatic heterocycles. The van der Waals surface area contributed by atoms with E-state index < -0.39 is 0 Å². The molecule has 2 nitrogen and oxygen atoms in total. The zero-order chi connectivity index (χ0) is 14.7. The maximum Gasteiger partial charge on any atom is 0.144 e. The Hall–Kier alpha value is -0.420. The molecule has 0 amide bonds. The summed E-state index contributed by atoms with van der Waals surface area (Å²) in [6.07, 6.45) is 2.56. The minimum absolute atomic E-state index is 0.576. The fourth-order valence-electron chi connectivity index (χ4n) is 1.91. The zero-order valence-corrected chi connectivity index (χ0v) is 14.8. The summed E-state index contributed by atoms with van der Waals surface area (Å²) in [4.78, 5) is 7.72. The van der Waals surface area contributed by atoms with E-state index in [2.05, 4.69) is 32.8 Å². The van der Waals surface area contributed by atoms with Crippen LogP contribution in [0.2, 0.25) is 10.0 Å². The molecule has 2 rings (SSSR count). The van der Waals surface area contributed by atoms with Crippen LogP contribution in [0.5, 0.6) is 0 Å². The number of nitrogens with zero attached hydrogens (tertiary/aromatic N) is 1. The molecule has 1 aromatic carbocycles. The van der Waals surface area contributed by atoms with Crippen molar-refractivity contribution in [2.75, 3.05) is 0 Å². The molecule has 1 N–H and O–H groups in total. The Morgan fingerprint density at radius 3 is 2.75 bits per heavy atom. The predicted octanol–water partition coefficient (Wildman–Crippen LogP) is 5.75. The summed E-state index contributed by atoms with van der Waals surface area (Å²) in [5.74, 6) is 0.811. The molecule has 0 radical (unpaired) electrons. The van der Waals surface area contributed by atoms with Crippen LogP contribution >= 0.6 is 51.3 Å². The topological polar surface area (TPSA) is 28.7 Å². The van der Waals surface area contributed by atoms with Gasteiger partial charge >= 0.3 is 0 Å². The van der Waals surface area contributed by atoms with E-state index in [0.717, 1.165) is 34.4 Å². The van der Waals surface area contributed by atoms with Crippen LogP contribution in [0, 0.1) is 4.64 Å². The molecular weight excluding hydrogens is 379 g/mol. The zero-order valence-electron chi connectivity index (χ0n) is 10.8. The molecule has 106 valence electrons. The number of hydrogen-bond acceptors (Lipinski definition) is 2. The average molecular weight is 392 g/mol. The standard InChI is InChI=1S/C14H13BrCl2N2S/c1-2-3-11-13(15)14(20)19-12(18-11)6-8-4-5-9(16)7-10(8)17/h4-5,7H,2-3,6H2,1H3,(H,18,19,20). The minimum Gasteiger partial charge on any atom is -0.346 e. The van der Waals surface area contributed by atoms with Crippen LogP contribution in [0.4, 0.5) is 0 Å². The van der Waals surface area contributed by atoms with Crippen molar-refractivity contribution >= 4 is 51.3 Å². The molecule has 6 heteroatoms. The van der Waals surface area contributed by atoms with Crippen molar-refractivity contribution in [1.29, 1.82) is 0 Å². The van der Waals surface area contributed by atoms with Gasteiger partial charge in [-0.3, -0.25) is 0 Å². The molecule has 0 spiro atoms. The maximum absolute atomic E-state index is 6.19. The quantitative estimate of drug-likeness (QED) is 0.672. The Morgan fingerprint density at radius 2 is 2.10 bits per heavy atom. The third kappa shape index (κ3) is 3.82. The van der Waals surface area contributed by atoms with Crippen molar-refractivity contribution in [3.05, 3.63) is 54.4 Å². The van der Waals surface area contributed by atoms with Gasteiger partial charge in [0, 0.05) is 22.2 Å². The summed E-state index contributed by atoms with van der Waals surface area (Å²) in [5.41, 5.74) is 2.05. The molecule has 0 fully saturated rings. The number of aromatic nitrogens is 2. The van der Waals surface area contributed by atoms with Crippen LogP contribution < -0.4 is 0 Å². The van der Waals surface area contributed by atoms with Crippen molar-refractivity contribution in [3.63, 3.8) is 0 Å². The Morgan fingerprint density at radius 1 is 1.35 bits per heavy atom. The first-order valence-electron chi connectivity index (χ1n) is 6.22.